The van der Waals surface area contributed by atoms with Gasteiger partial charge in [0, 0.05) is 5.92 Å². The summed E-state index contributed by atoms with van der Waals surface area (Å²) in [4.78, 5) is 20.9. The molecule has 1 fully saturated rings. The molecule has 0 saturated heterocycles. The molecule has 64 valence electrons. The largest absolute Gasteiger partial charge is 0.412 e. The number of ketones is 1. The van der Waals surface area contributed by atoms with Crippen molar-refractivity contribution in [1.82, 2.24) is 0 Å². The zero-order valence-corrected chi connectivity index (χ0v) is 6.51. The van der Waals surface area contributed by atoms with Gasteiger partial charge in [0.15, 0.2) is 12.1 Å². The van der Waals surface area contributed by atoms with Crippen LogP contribution in [0.15, 0.2) is 0 Å². The summed E-state index contributed by atoms with van der Waals surface area (Å²) in [7, 11) is 0. The van der Waals surface area contributed by atoms with Gasteiger partial charge in [-0.05, 0) is 12.8 Å². The number of carbonyl (C=O) groups excluding carboxylic acids is 2. The molecule has 3 nitrogen and oxygen atoms in total. The predicted molar refractivity (Wildman–Crippen MR) is 41.3 cm³/mol. The fourth-order valence-electron chi connectivity index (χ4n) is 1.48. The maximum Gasteiger partial charge on any atom is 0.198 e. The molecular formula is C8H14O3. The van der Waals surface area contributed by atoms with E-state index in [0.717, 1.165) is 25.7 Å². The summed E-state index contributed by atoms with van der Waals surface area (Å²) in [6.45, 7) is 0. The van der Waals surface area contributed by atoms with E-state index in [2.05, 4.69) is 0 Å². The molecule has 0 bridgehead atoms. The third-order valence-corrected chi connectivity index (χ3v) is 2.12. The second kappa shape index (κ2) is 5.02. The van der Waals surface area contributed by atoms with Gasteiger partial charge in [-0.3, -0.25) is 9.59 Å². The Balaban J connectivity index is 0.000001000. The molecule has 0 aromatic rings. The van der Waals surface area contributed by atoms with Crippen LogP contribution < -0.4 is 0 Å². The van der Waals surface area contributed by atoms with Gasteiger partial charge in [0.2, 0.25) is 0 Å². The topological polar surface area (TPSA) is 65.6 Å². The van der Waals surface area contributed by atoms with Crippen LogP contribution in [0.1, 0.15) is 32.1 Å². The Kier molecular flexibility index (Phi) is 4.70. The second-order valence-electron chi connectivity index (χ2n) is 2.86. The molecule has 0 heterocycles. The highest BCUT2D eigenvalue weighted by Gasteiger charge is 2.19. The first-order valence-electron chi connectivity index (χ1n) is 3.83. The van der Waals surface area contributed by atoms with Gasteiger partial charge < -0.3 is 5.48 Å². The monoisotopic (exact) mass is 158 g/mol. The minimum absolute atomic E-state index is 0. The van der Waals surface area contributed by atoms with Gasteiger partial charge in [0.25, 0.3) is 0 Å². The van der Waals surface area contributed by atoms with Crippen LogP contribution in [-0.4, -0.2) is 17.5 Å². The second-order valence-corrected chi connectivity index (χ2v) is 2.86. The SMILES string of the molecule is O.O=CC(=O)C1CCCCC1. The van der Waals surface area contributed by atoms with Crippen LogP contribution >= 0.6 is 0 Å². The lowest BCUT2D eigenvalue weighted by atomic mass is 9.87. The highest BCUT2D eigenvalue weighted by molar-refractivity contribution is 6.25. The van der Waals surface area contributed by atoms with E-state index in [1.807, 2.05) is 0 Å². The van der Waals surface area contributed by atoms with Crippen molar-refractivity contribution in [2.24, 2.45) is 5.92 Å². The number of hydrogen-bond acceptors (Lipinski definition) is 2. The van der Waals surface area contributed by atoms with Gasteiger partial charge >= 0.3 is 0 Å². The van der Waals surface area contributed by atoms with Crippen molar-refractivity contribution < 1.29 is 15.1 Å². The number of carbonyl (C=O) groups is 2. The number of aldehydes is 1. The quantitative estimate of drug-likeness (QED) is 0.434. The van der Waals surface area contributed by atoms with E-state index in [9.17, 15) is 9.59 Å². The molecule has 1 saturated carbocycles. The summed E-state index contributed by atoms with van der Waals surface area (Å²) in [6.07, 6.45) is 5.78. The van der Waals surface area contributed by atoms with Crippen molar-refractivity contribution in [1.29, 1.82) is 0 Å². The highest BCUT2D eigenvalue weighted by atomic mass is 16.2. The molecule has 1 aliphatic carbocycles. The first kappa shape index (κ1) is 10.3. The standard InChI is InChI=1S/C8H12O2.H2O/c9-6-8(10)7-4-2-1-3-5-7;/h6-7H,1-5H2;1H2. The van der Waals surface area contributed by atoms with Crippen molar-refractivity contribution >= 4 is 12.1 Å². The maximum absolute atomic E-state index is 10.8. The van der Waals surface area contributed by atoms with Gasteiger partial charge in [0.05, 0.1) is 0 Å². The van der Waals surface area contributed by atoms with Crippen LogP contribution in [0.4, 0.5) is 0 Å². The zero-order valence-electron chi connectivity index (χ0n) is 6.51. The van der Waals surface area contributed by atoms with Crippen LogP contribution in [-0.2, 0) is 9.59 Å². The Morgan fingerprint density at radius 2 is 1.73 bits per heavy atom. The highest BCUT2D eigenvalue weighted by Crippen LogP contribution is 2.23. The average Bonchev–Trinajstić information content (AvgIpc) is 2.05. The molecule has 1 aliphatic rings. The normalized spacial score (nSPS) is 18.5. The van der Waals surface area contributed by atoms with Crippen LogP contribution in [0.2, 0.25) is 0 Å². The van der Waals surface area contributed by atoms with Crippen molar-refractivity contribution in [3.8, 4) is 0 Å². The fraction of sp³-hybridized carbons (Fsp3) is 0.750. The van der Waals surface area contributed by atoms with E-state index >= 15 is 0 Å². The smallest absolute Gasteiger partial charge is 0.198 e. The van der Waals surface area contributed by atoms with Gasteiger partial charge in [0.1, 0.15) is 0 Å². The minimum atomic E-state index is -0.195. The van der Waals surface area contributed by atoms with Gasteiger partial charge in [-0.25, -0.2) is 0 Å². The Morgan fingerprint density at radius 3 is 2.18 bits per heavy atom. The molecule has 0 aliphatic heterocycles. The number of hydrogen-bond donors (Lipinski definition) is 0. The molecule has 3 heteroatoms. The lowest BCUT2D eigenvalue weighted by molar-refractivity contribution is -0.133. The average molecular weight is 158 g/mol. The van der Waals surface area contributed by atoms with Gasteiger partial charge in [-0.1, -0.05) is 19.3 Å². The summed E-state index contributed by atoms with van der Waals surface area (Å²) in [5.74, 6) is -0.133. The van der Waals surface area contributed by atoms with Crippen molar-refractivity contribution in [3.05, 3.63) is 0 Å². The fourth-order valence-corrected chi connectivity index (χ4v) is 1.48. The van der Waals surface area contributed by atoms with Crippen LogP contribution in [0.25, 0.3) is 0 Å². The number of rotatable bonds is 2. The van der Waals surface area contributed by atoms with Crippen molar-refractivity contribution in [2.75, 3.05) is 0 Å². The van der Waals surface area contributed by atoms with Crippen LogP contribution in [0.3, 0.4) is 0 Å². The molecule has 0 radical (unpaired) electrons. The van der Waals surface area contributed by atoms with Crippen LogP contribution in [0, 0.1) is 5.92 Å². The molecule has 0 spiro atoms. The molecular weight excluding hydrogens is 144 g/mol. The first-order chi connectivity index (χ1) is 4.84. The van der Waals surface area contributed by atoms with Crippen LogP contribution in [0.5, 0.6) is 0 Å². The van der Waals surface area contributed by atoms with Crippen molar-refractivity contribution in [3.63, 3.8) is 0 Å². The number of Topliss-reactive ketones (excluding diaryl/α,β-unsaturated/α-hetero) is 1. The molecule has 11 heavy (non-hydrogen) atoms. The Bertz CT molecular complexity index is 136. The predicted octanol–water partition coefficient (Wildman–Crippen LogP) is 0.510. The van der Waals surface area contributed by atoms with Gasteiger partial charge in [-0.2, -0.15) is 0 Å². The lowest BCUT2D eigenvalue weighted by Crippen LogP contribution is -2.18. The van der Waals surface area contributed by atoms with E-state index in [1.165, 1.54) is 6.42 Å². The third-order valence-electron chi connectivity index (χ3n) is 2.12. The first-order valence-corrected chi connectivity index (χ1v) is 3.83. The molecule has 0 atom stereocenters. The van der Waals surface area contributed by atoms with E-state index in [-0.39, 0.29) is 17.2 Å². The molecule has 0 amide bonds. The van der Waals surface area contributed by atoms with E-state index in [0.29, 0.717) is 6.29 Å². The summed E-state index contributed by atoms with van der Waals surface area (Å²) in [5.41, 5.74) is 0. The Hall–Kier alpha value is -0.700. The molecule has 0 aromatic carbocycles. The maximum atomic E-state index is 10.8. The third kappa shape index (κ3) is 2.80. The minimum Gasteiger partial charge on any atom is -0.412 e. The Labute approximate surface area is 66.1 Å². The van der Waals surface area contributed by atoms with E-state index < -0.39 is 0 Å². The molecule has 2 N–H and O–H groups in total. The summed E-state index contributed by atoms with van der Waals surface area (Å²) >= 11 is 0. The molecule has 1 rings (SSSR count). The van der Waals surface area contributed by atoms with E-state index in [1.54, 1.807) is 0 Å². The lowest BCUT2D eigenvalue weighted by Gasteiger charge is -2.17. The summed E-state index contributed by atoms with van der Waals surface area (Å²) < 4.78 is 0. The summed E-state index contributed by atoms with van der Waals surface area (Å²) in [5, 5.41) is 0. The van der Waals surface area contributed by atoms with Crippen molar-refractivity contribution in [2.45, 2.75) is 32.1 Å². The Morgan fingerprint density at radius 1 is 1.18 bits per heavy atom. The molecule has 0 aromatic heterocycles. The summed E-state index contributed by atoms with van der Waals surface area (Å²) in [6, 6.07) is 0. The molecule has 0 unspecified atom stereocenters. The van der Waals surface area contributed by atoms with Gasteiger partial charge in [-0.15, -0.1) is 0 Å². The van der Waals surface area contributed by atoms with E-state index in [4.69, 9.17) is 0 Å². The zero-order chi connectivity index (χ0) is 7.40.